The Labute approximate surface area is 90.9 Å². The van der Waals surface area contributed by atoms with Gasteiger partial charge in [0.1, 0.15) is 0 Å². The van der Waals surface area contributed by atoms with Crippen molar-refractivity contribution in [2.75, 3.05) is 19.3 Å². The van der Waals surface area contributed by atoms with Crippen LogP contribution in [0.1, 0.15) is 26.2 Å². The molecule has 1 amide bonds. The van der Waals surface area contributed by atoms with Crippen molar-refractivity contribution < 1.29 is 13.2 Å². The average molecular weight is 234 g/mol. The molecule has 0 radical (unpaired) electrons. The lowest BCUT2D eigenvalue weighted by molar-refractivity contribution is -0.132. The van der Waals surface area contributed by atoms with Crippen LogP contribution in [0.4, 0.5) is 0 Å². The number of hydrogen-bond acceptors (Lipinski definition) is 3. The average Bonchev–Trinajstić information content (AvgIpc) is 2.14. The molecule has 1 aliphatic heterocycles. The zero-order valence-electron chi connectivity index (χ0n) is 9.19. The van der Waals surface area contributed by atoms with E-state index < -0.39 is 10.0 Å². The number of nitrogens with one attached hydrogen (secondary N) is 1. The normalized spacial score (nSPS) is 22.8. The molecule has 0 unspecified atom stereocenters. The summed E-state index contributed by atoms with van der Waals surface area (Å²) in [6.07, 6.45) is 4.07. The summed E-state index contributed by atoms with van der Waals surface area (Å²) < 4.78 is 24.3. The first kappa shape index (κ1) is 12.4. The van der Waals surface area contributed by atoms with E-state index in [1.54, 1.807) is 4.90 Å². The standard InChI is InChI=1S/C9H18N2O3S/c1-8(12)11-6-4-3-5-9(11)7-10-15(2,13)14/h9-10H,3-7H2,1-2H3/t9-/m0/s1. The molecule has 88 valence electrons. The van der Waals surface area contributed by atoms with E-state index in [1.807, 2.05) is 0 Å². The van der Waals surface area contributed by atoms with E-state index >= 15 is 0 Å². The maximum absolute atomic E-state index is 11.3. The van der Waals surface area contributed by atoms with E-state index in [0.717, 1.165) is 32.1 Å². The number of piperidine rings is 1. The van der Waals surface area contributed by atoms with Crippen molar-refractivity contribution in [2.24, 2.45) is 0 Å². The van der Waals surface area contributed by atoms with Crippen LogP contribution in [0.5, 0.6) is 0 Å². The molecule has 0 aromatic rings. The largest absolute Gasteiger partial charge is 0.339 e. The summed E-state index contributed by atoms with van der Waals surface area (Å²) >= 11 is 0. The van der Waals surface area contributed by atoms with Gasteiger partial charge in [-0.3, -0.25) is 4.79 Å². The minimum atomic E-state index is -3.16. The first-order valence-electron chi connectivity index (χ1n) is 5.12. The molecule has 15 heavy (non-hydrogen) atoms. The summed E-state index contributed by atoms with van der Waals surface area (Å²) in [6, 6.07) is 0.0194. The number of sulfonamides is 1. The highest BCUT2D eigenvalue weighted by molar-refractivity contribution is 7.88. The summed E-state index contributed by atoms with van der Waals surface area (Å²) in [5.74, 6) is 0.0231. The number of carbonyl (C=O) groups is 1. The van der Waals surface area contributed by atoms with Crippen molar-refractivity contribution in [1.29, 1.82) is 0 Å². The first-order valence-corrected chi connectivity index (χ1v) is 7.01. The molecule has 1 fully saturated rings. The molecule has 0 aromatic carbocycles. The van der Waals surface area contributed by atoms with Crippen LogP contribution >= 0.6 is 0 Å². The maximum Gasteiger partial charge on any atom is 0.219 e. The van der Waals surface area contributed by atoms with Crippen LogP contribution in [0.15, 0.2) is 0 Å². The highest BCUT2D eigenvalue weighted by atomic mass is 32.2. The Bertz CT molecular complexity index is 326. The fourth-order valence-corrected chi connectivity index (χ4v) is 2.37. The van der Waals surface area contributed by atoms with Crippen LogP contribution in [-0.2, 0) is 14.8 Å². The second kappa shape index (κ2) is 4.94. The van der Waals surface area contributed by atoms with Gasteiger partial charge in [-0.2, -0.15) is 0 Å². The van der Waals surface area contributed by atoms with Gasteiger partial charge >= 0.3 is 0 Å². The molecule has 1 saturated heterocycles. The number of rotatable bonds is 3. The van der Waals surface area contributed by atoms with E-state index in [4.69, 9.17) is 0 Å². The molecule has 1 heterocycles. The third-order valence-electron chi connectivity index (χ3n) is 2.61. The molecule has 0 saturated carbocycles. The third kappa shape index (κ3) is 4.17. The number of amides is 1. The topological polar surface area (TPSA) is 66.5 Å². The molecular formula is C9H18N2O3S. The van der Waals surface area contributed by atoms with E-state index in [-0.39, 0.29) is 11.9 Å². The smallest absolute Gasteiger partial charge is 0.219 e. The molecule has 0 aliphatic carbocycles. The van der Waals surface area contributed by atoms with Crippen LogP contribution in [0, 0.1) is 0 Å². The van der Waals surface area contributed by atoms with Crippen LogP contribution in [0.3, 0.4) is 0 Å². The molecule has 0 spiro atoms. The monoisotopic (exact) mass is 234 g/mol. The minimum Gasteiger partial charge on any atom is -0.339 e. The summed E-state index contributed by atoms with van der Waals surface area (Å²) in [6.45, 7) is 2.60. The molecule has 1 N–H and O–H groups in total. The lowest BCUT2D eigenvalue weighted by Crippen LogP contribution is -2.48. The predicted octanol–water partition coefficient (Wildman–Crippen LogP) is -0.0634. The van der Waals surface area contributed by atoms with Crippen molar-refractivity contribution in [3.05, 3.63) is 0 Å². The lowest BCUT2D eigenvalue weighted by atomic mass is 10.0. The highest BCUT2D eigenvalue weighted by Crippen LogP contribution is 2.16. The quantitative estimate of drug-likeness (QED) is 0.743. The molecule has 0 aromatic heterocycles. The van der Waals surface area contributed by atoms with E-state index in [0.29, 0.717) is 6.54 Å². The van der Waals surface area contributed by atoms with E-state index in [1.165, 1.54) is 6.92 Å². The predicted molar refractivity (Wildman–Crippen MR) is 57.9 cm³/mol. The Morgan fingerprint density at radius 2 is 2.13 bits per heavy atom. The Morgan fingerprint density at radius 3 is 2.67 bits per heavy atom. The second-order valence-corrected chi connectivity index (χ2v) is 5.82. The van der Waals surface area contributed by atoms with Crippen molar-refractivity contribution in [3.63, 3.8) is 0 Å². The van der Waals surface area contributed by atoms with Gasteiger partial charge in [-0.15, -0.1) is 0 Å². The summed E-state index contributed by atoms with van der Waals surface area (Å²) in [4.78, 5) is 13.0. The Morgan fingerprint density at radius 1 is 1.47 bits per heavy atom. The van der Waals surface area contributed by atoms with E-state index in [9.17, 15) is 13.2 Å². The molecule has 1 rings (SSSR count). The number of nitrogens with zero attached hydrogens (tertiary/aromatic N) is 1. The maximum atomic E-state index is 11.3. The SMILES string of the molecule is CC(=O)N1CCCC[C@H]1CNS(C)(=O)=O. The van der Waals surface area contributed by atoms with Crippen LogP contribution in [-0.4, -0.2) is 44.6 Å². The van der Waals surface area contributed by atoms with Gasteiger partial charge in [-0.1, -0.05) is 0 Å². The number of likely N-dealkylation sites (tertiary alicyclic amines) is 1. The molecule has 6 heteroatoms. The Hall–Kier alpha value is -0.620. The van der Waals surface area contributed by atoms with Gasteiger partial charge in [-0.25, -0.2) is 13.1 Å². The van der Waals surface area contributed by atoms with Gasteiger partial charge in [0.25, 0.3) is 0 Å². The summed E-state index contributed by atoms with van der Waals surface area (Å²) in [5.41, 5.74) is 0. The zero-order valence-corrected chi connectivity index (χ0v) is 10.0. The first-order chi connectivity index (χ1) is 6.90. The second-order valence-electron chi connectivity index (χ2n) is 3.98. The van der Waals surface area contributed by atoms with E-state index in [2.05, 4.69) is 4.72 Å². The molecule has 1 aliphatic rings. The van der Waals surface area contributed by atoms with Gasteiger partial charge in [-0.05, 0) is 19.3 Å². The summed E-state index contributed by atoms with van der Waals surface area (Å²) in [5, 5.41) is 0. The van der Waals surface area contributed by atoms with Gasteiger partial charge in [0.15, 0.2) is 0 Å². The lowest BCUT2D eigenvalue weighted by Gasteiger charge is -2.35. The fraction of sp³-hybridized carbons (Fsp3) is 0.889. The van der Waals surface area contributed by atoms with Crippen LogP contribution < -0.4 is 4.72 Å². The molecule has 0 bridgehead atoms. The van der Waals surface area contributed by atoms with Crippen molar-refractivity contribution in [2.45, 2.75) is 32.2 Å². The summed E-state index contributed by atoms with van der Waals surface area (Å²) in [7, 11) is -3.16. The molecule has 1 atom stereocenters. The van der Waals surface area contributed by atoms with Gasteiger partial charge < -0.3 is 4.90 Å². The van der Waals surface area contributed by atoms with Crippen LogP contribution in [0.2, 0.25) is 0 Å². The zero-order chi connectivity index (χ0) is 11.5. The van der Waals surface area contributed by atoms with Gasteiger partial charge in [0.05, 0.1) is 6.26 Å². The number of carbonyl (C=O) groups excluding carboxylic acids is 1. The van der Waals surface area contributed by atoms with Crippen molar-refractivity contribution >= 4 is 15.9 Å². The van der Waals surface area contributed by atoms with Gasteiger partial charge in [0, 0.05) is 26.1 Å². The van der Waals surface area contributed by atoms with Crippen molar-refractivity contribution in [1.82, 2.24) is 9.62 Å². The van der Waals surface area contributed by atoms with Crippen LogP contribution in [0.25, 0.3) is 0 Å². The molecule has 5 nitrogen and oxygen atoms in total. The fourth-order valence-electron chi connectivity index (χ4n) is 1.87. The number of hydrogen-bond donors (Lipinski definition) is 1. The minimum absolute atomic E-state index is 0.0194. The van der Waals surface area contributed by atoms with Gasteiger partial charge in [0.2, 0.25) is 15.9 Å². The third-order valence-corrected chi connectivity index (χ3v) is 3.30. The van der Waals surface area contributed by atoms with Crippen molar-refractivity contribution in [3.8, 4) is 0 Å². The highest BCUT2D eigenvalue weighted by Gasteiger charge is 2.24. The Balaban J connectivity index is 2.54. The Kier molecular flexibility index (Phi) is 4.10. The molecular weight excluding hydrogens is 216 g/mol.